The Bertz CT molecular complexity index is 1060. The number of benzene rings is 4. The number of ether oxygens (including phenoxy) is 1. The molecule has 0 saturated heterocycles. The summed E-state index contributed by atoms with van der Waals surface area (Å²) in [6, 6.07) is 39.6. The van der Waals surface area contributed by atoms with Gasteiger partial charge in [0.25, 0.3) is 0 Å². The van der Waals surface area contributed by atoms with E-state index in [1.807, 2.05) is 18.2 Å². The van der Waals surface area contributed by atoms with Crippen molar-refractivity contribution in [2.75, 3.05) is 12.8 Å². The molecule has 0 aliphatic rings. The Morgan fingerprint density at radius 2 is 1.09 bits per heavy atom. The van der Waals surface area contributed by atoms with Crippen molar-refractivity contribution < 1.29 is 9.53 Å². The minimum atomic E-state index is -2.94. The molecular weight excluding hydrogens is 479 g/mol. The molecule has 0 saturated carbocycles. The quantitative estimate of drug-likeness (QED) is 0.156. The zero-order chi connectivity index (χ0) is 22.3. The van der Waals surface area contributed by atoms with Gasteiger partial charge in [-0.2, -0.15) is 0 Å². The Morgan fingerprint density at radius 3 is 1.56 bits per heavy atom. The third-order valence-corrected chi connectivity index (χ3v) is 15.9. The first kappa shape index (κ1) is 22.5. The number of halogens is 1. The predicted octanol–water partition coefficient (Wildman–Crippen LogP) is 6.11. The number of hydrogen-bond donors (Lipinski definition) is 0. The summed E-state index contributed by atoms with van der Waals surface area (Å²) in [6.45, 7) is 0.529. The molecule has 0 radical (unpaired) electrons. The molecule has 0 N–H and O–H groups in total. The second-order valence-corrected chi connectivity index (χ2v) is 16.8. The molecule has 0 heterocycles. The Balaban J connectivity index is 1.75. The summed E-state index contributed by atoms with van der Waals surface area (Å²) in [5.41, 5.74) is 0.581. The van der Waals surface area contributed by atoms with E-state index in [0.29, 0.717) is 17.9 Å². The SMILES string of the molecule is O=Cc1ccccc1OCCCP(Br)(c1ccccc1)(c1ccccc1)c1ccccc1. The first-order chi connectivity index (χ1) is 15.7. The van der Waals surface area contributed by atoms with Crippen LogP contribution in [-0.2, 0) is 0 Å². The van der Waals surface area contributed by atoms with Crippen LogP contribution in [0.25, 0.3) is 0 Å². The summed E-state index contributed by atoms with van der Waals surface area (Å²) in [5, 5.41) is 0.951. The van der Waals surface area contributed by atoms with E-state index < -0.39 is 5.31 Å². The first-order valence-electron chi connectivity index (χ1n) is 10.7. The van der Waals surface area contributed by atoms with Crippen molar-refractivity contribution in [1.29, 1.82) is 0 Å². The van der Waals surface area contributed by atoms with Crippen molar-refractivity contribution in [1.82, 2.24) is 0 Å². The molecule has 4 aromatic carbocycles. The number of rotatable bonds is 9. The Labute approximate surface area is 197 Å². The second kappa shape index (κ2) is 9.81. The van der Waals surface area contributed by atoms with Crippen molar-refractivity contribution in [2.45, 2.75) is 6.42 Å². The van der Waals surface area contributed by atoms with Gasteiger partial charge < -0.3 is 0 Å². The van der Waals surface area contributed by atoms with E-state index in [1.165, 1.54) is 15.9 Å². The zero-order valence-corrected chi connectivity index (χ0v) is 20.3. The van der Waals surface area contributed by atoms with E-state index in [-0.39, 0.29) is 0 Å². The fourth-order valence-electron chi connectivity index (χ4n) is 4.30. The molecule has 2 nitrogen and oxygen atoms in total. The van der Waals surface area contributed by atoms with Gasteiger partial charge in [-0.1, -0.05) is 0 Å². The van der Waals surface area contributed by atoms with Gasteiger partial charge in [-0.3, -0.25) is 0 Å². The molecule has 0 unspecified atom stereocenters. The fourth-order valence-corrected chi connectivity index (χ4v) is 12.0. The monoisotopic (exact) mass is 504 g/mol. The van der Waals surface area contributed by atoms with Crippen LogP contribution in [0.1, 0.15) is 16.8 Å². The van der Waals surface area contributed by atoms with E-state index in [9.17, 15) is 4.79 Å². The van der Waals surface area contributed by atoms with Crippen molar-refractivity contribution >= 4 is 43.0 Å². The van der Waals surface area contributed by atoms with E-state index >= 15 is 0 Å². The molecule has 4 aromatic rings. The molecule has 162 valence electrons. The summed E-state index contributed by atoms with van der Waals surface area (Å²) in [6.07, 6.45) is 2.57. The second-order valence-electron chi connectivity index (χ2n) is 7.77. The van der Waals surface area contributed by atoms with Gasteiger partial charge in [0, 0.05) is 0 Å². The van der Waals surface area contributed by atoms with Crippen LogP contribution in [0, 0.1) is 0 Å². The summed E-state index contributed by atoms with van der Waals surface area (Å²) < 4.78 is 6.04. The van der Waals surface area contributed by atoms with Gasteiger partial charge in [-0.15, -0.1) is 0 Å². The molecule has 4 heteroatoms. The van der Waals surface area contributed by atoms with Crippen LogP contribution in [0.2, 0.25) is 0 Å². The van der Waals surface area contributed by atoms with E-state index in [0.717, 1.165) is 18.9 Å². The Kier molecular flexibility index (Phi) is 6.89. The van der Waals surface area contributed by atoms with Crippen molar-refractivity contribution in [3.05, 3.63) is 121 Å². The summed E-state index contributed by atoms with van der Waals surface area (Å²) >= 11 is 4.45. The molecule has 0 spiro atoms. The molecular formula is C28H26BrO2P. The molecule has 0 amide bonds. The summed E-state index contributed by atoms with van der Waals surface area (Å²) in [7, 11) is 0. The van der Waals surface area contributed by atoms with Gasteiger partial charge in [-0.05, 0) is 0 Å². The average molecular weight is 505 g/mol. The number of carbonyl (C=O) groups excluding carboxylic acids is 1. The third kappa shape index (κ3) is 4.16. The van der Waals surface area contributed by atoms with E-state index in [4.69, 9.17) is 4.74 Å². The van der Waals surface area contributed by atoms with Gasteiger partial charge in [-0.25, -0.2) is 0 Å². The van der Waals surface area contributed by atoms with Crippen molar-refractivity contribution in [3.8, 4) is 5.75 Å². The Morgan fingerprint density at radius 1 is 0.656 bits per heavy atom. The fraction of sp³-hybridized carbons (Fsp3) is 0.107. The standard InChI is InChI=1S/C28H26BrO2P/c29-32(25-14-4-1-5-15-25,26-16-6-2-7-17-26,27-18-8-3-9-19-27)22-12-21-31-28-20-11-10-13-24(28)23-30/h1-11,13-20,23H,12,21-22H2. The minimum absolute atomic E-state index is 0.529. The van der Waals surface area contributed by atoms with E-state index in [1.54, 1.807) is 6.07 Å². The number of para-hydroxylation sites is 1. The molecule has 0 bridgehead atoms. The van der Waals surface area contributed by atoms with Crippen molar-refractivity contribution in [2.24, 2.45) is 0 Å². The maximum absolute atomic E-state index is 11.3. The molecule has 0 aromatic heterocycles. The molecule has 0 fully saturated rings. The van der Waals surface area contributed by atoms with Gasteiger partial charge in [0.2, 0.25) is 0 Å². The van der Waals surface area contributed by atoms with Crippen LogP contribution >= 0.6 is 20.8 Å². The summed E-state index contributed by atoms with van der Waals surface area (Å²) in [4.78, 5) is 11.3. The zero-order valence-electron chi connectivity index (χ0n) is 17.8. The van der Waals surface area contributed by atoms with E-state index in [2.05, 4.69) is 106 Å². The number of carbonyl (C=O) groups is 1. The van der Waals surface area contributed by atoms with Gasteiger partial charge in [0.05, 0.1) is 0 Å². The van der Waals surface area contributed by atoms with Crippen LogP contribution in [0.15, 0.2) is 115 Å². The van der Waals surface area contributed by atoms with Crippen LogP contribution in [0.4, 0.5) is 0 Å². The average Bonchev–Trinajstić information content (AvgIpc) is 2.88. The Hall–Kier alpha value is -2.74. The van der Waals surface area contributed by atoms with Crippen LogP contribution in [0.3, 0.4) is 0 Å². The third-order valence-electron chi connectivity index (χ3n) is 5.91. The number of hydrogen-bond acceptors (Lipinski definition) is 2. The van der Waals surface area contributed by atoms with Crippen LogP contribution < -0.4 is 20.7 Å². The topological polar surface area (TPSA) is 26.3 Å². The molecule has 0 aliphatic heterocycles. The summed E-state index contributed by atoms with van der Waals surface area (Å²) in [5.74, 6) is 0.636. The van der Waals surface area contributed by atoms with Gasteiger partial charge in [0.1, 0.15) is 0 Å². The van der Waals surface area contributed by atoms with Gasteiger partial charge in [0.15, 0.2) is 0 Å². The molecule has 0 atom stereocenters. The maximum atomic E-state index is 11.3. The predicted molar refractivity (Wildman–Crippen MR) is 141 cm³/mol. The normalized spacial score (nSPS) is 12.5. The van der Waals surface area contributed by atoms with Gasteiger partial charge >= 0.3 is 198 Å². The first-order valence-corrected chi connectivity index (χ1v) is 15.2. The van der Waals surface area contributed by atoms with Crippen molar-refractivity contribution in [3.63, 3.8) is 0 Å². The van der Waals surface area contributed by atoms with Crippen LogP contribution in [-0.4, -0.2) is 19.1 Å². The molecule has 32 heavy (non-hydrogen) atoms. The number of aldehydes is 1. The van der Waals surface area contributed by atoms with Crippen LogP contribution in [0.5, 0.6) is 5.75 Å². The molecule has 0 aliphatic carbocycles. The molecule has 4 rings (SSSR count).